The van der Waals surface area contributed by atoms with E-state index in [1.807, 2.05) is 6.07 Å². The molecule has 2 N–H and O–H groups in total. The summed E-state index contributed by atoms with van der Waals surface area (Å²) in [6.45, 7) is 11.1. The molecule has 2 heterocycles. The number of carbonyl (C=O) groups excluding carboxylic acids is 1. The van der Waals surface area contributed by atoms with Crippen molar-refractivity contribution in [3.63, 3.8) is 0 Å². The van der Waals surface area contributed by atoms with Gasteiger partial charge in [0.2, 0.25) is 5.88 Å². The van der Waals surface area contributed by atoms with Gasteiger partial charge in [-0.25, -0.2) is 9.78 Å². The Balaban J connectivity index is 1.72. The summed E-state index contributed by atoms with van der Waals surface area (Å²) < 4.78 is 10.4. The first kappa shape index (κ1) is 22.4. The minimum absolute atomic E-state index is 0.142. The Morgan fingerprint density at radius 1 is 1.25 bits per heavy atom. The fraction of sp³-hybridized carbons (Fsp3) is 0.714. The summed E-state index contributed by atoms with van der Waals surface area (Å²) in [7, 11) is 1.63. The van der Waals surface area contributed by atoms with Crippen molar-refractivity contribution in [3.8, 4) is 5.88 Å². The number of hydrogen-bond donors (Lipinski definition) is 2. The molecule has 0 aliphatic carbocycles. The van der Waals surface area contributed by atoms with Crippen molar-refractivity contribution in [2.24, 2.45) is 11.8 Å². The average Bonchev–Trinajstić information content (AvgIpc) is 2.69. The Morgan fingerprint density at radius 2 is 2.00 bits per heavy atom. The van der Waals surface area contributed by atoms with Crippen LogP contribution in [-0.2, 0) is 11.3 Å². The number of carbonyl (C=O) groups is 1. The third-order valence-corrected chi connectivity index (χ3v) is 5.32. The van der Waals surface area contributed by atoms with Crippen LogP contribution in [0.4, 0.5) is 4.79 Å². The van der Waals surface area contributed by atoms with Crippen LogP contribution in [0.25, 0.3) is 0 Å². The maximum Gasteiger partial charge on any atom is 0.315 e. The summed E-state index contributed by atoms with van der Waals surface area (Å²) in [6.07, 6.45) is 4.20. The molecule has 1 unspecified atom stereocenters. The number of rotatable bonds is 10. The number of urea groups is 1. The molecule has 7 nitrogen and oxygen atoms in total. The van der Waals surface area contributed by atoms with Crippen molar-refractivity contribution < 1.29 is 14.3 Å². The number of nitrogens with one attached hydrogen (secondary N) is 2. The summed E-state index contributed by atoms with van der Waals surface area (Å²) in [4.78, 5) is 19.0. The molecule has 1 atom stereocenters. The van der Waals surface area contributed by atoms with Crippen molar-refractivity contribution >= 4 is 6.03 Å². The van der Waals surface area contributed by atoms with Gasteiger partial charge in [-0.05, 0) is 43.3 Å². The van der Waals surface area contributed by atoms with E-state index < -0.39 is 0 Å². The topological polar surface area (TPSA) is 75.7 Å². The predicted octanol–water partition coefficient (Wildman–Crippen LogP) is 2.66. The Hall–Kier alpha value is -1.86. The van der Waals surface area contributed by atoms with Gasteiger partial charge in [-0.1, -0.05) is 26.8 Å². The third kappa shape index (κ3) is 7.64. The SMILES string of the molecule is COCCOc1ccc(CNC(=O)NCC(C(C)C)N2CCC(C)CC2)cn1. The number of piperidine rings is 1. The van der Waals surface area contributed by atoms with Crippen molar-refractivity contribution in [2.75, 3.05) is 40.0 Å². The first-order valence-corrected chi connectivity index (χ1v) is 10.3. The number of aromatic nitrogens is 1. The lowest BCUT2D eigenvalue weighted by molar-refractivity contribution is 0.108. The van der Waals surface area contributed by atoms with Crippen LogP contribution in [0.15, 0.2) is 18.3 Å². The highest BCUT2D eigenvalue weighted by atomic mass is 16.5. The Bertz CT molecular complexity index is 572. The monoisotopic (exact) mass is 392 g/mol. The molecule has 1 saturated heterocycles. The van der Waals surface area contributed by atoms with Gasteiger partial charge in [0.05, 0.1) is 6.61 Å². The van der Waals surface area contributed by atoms with Crippen LogP contribution >= 0.6 is 0 Å². The molecule has 1 fully saturated rings. The fourth-order valence-electron chi connectivity index (χ4n) is 3.42. The normalized spacial score (nSPS) is 16.8. The summed E-state index contributed by atoms with van der Waals surface area (Å²) >= 11 is 0. The second-order valence-electron chi connectivity index (χ2n) is 7.94. The van der Waals surface area contributed by atoms with Gasteiger partial charge in [-0.15, -0.1) is 0 Å². The maximum absolute atomic E-state index is 12.2. The molecule has 7 heteroatoms. The van der Waals surface area contributed by atoms with Crippen molar-refractivity contribution in [1.82, 2.24) is 20.5 Å². The van der Waals surface area contributed by atoms with E-state index in [9.17, 15) is 4.79 Å². The van der Waals surface area contributed by atoms with E-state index in [4.69, 9.17) is 9.47 Å². The Morgan fingerprint density at radius 3 is 2.61 bits per heavy atom. The zero-order chi connectivity index (χ0) is 20.4. The molecule has 2 amide bonds. The van der Waals surface area contributed by atoms with E-state index in [0.29, 0.717) is 44.1 Å². The highest BCUT2D eigenvalue weighted by Gasteiger charge is 2.25. The van der Waals surface area contributed by atoms with Gasteiger partial charge in [-0.2, -0.15) is 0 Å². The van der Waals surface area contributed by atoms with Gasteiger partial charge in [0, 0.05) is 38.5 Å². The van der Waals surface area contributed by atoms with Gasteiger partial charge in [0.1, 0.15) is 6.61 Å². The number of ether oxygens (including phenoxy) is 2. The molecule has 1 aromatic heterocycles. The lowest BCUT2D eigenvalue weighted by Gasteiger charge is -2.38. The number of likely N-dealkylation sites (tertiary alicyclic amines) is 1. The lowest BCUT2D eigenvalue weighted by Crippen LogP contribution is -2.51. The van der Waals surface area contributed by atoms with Crippen LogP contribution in [0.2, 0.25) is 0 Å². The standard InChI is InChI=1S/C21H36N4O3/c1-16(2)19(25-9-7-17(3)8-10-25)15-24-21(26)23-14-18-5-6-20(22-13-18)28-12-11-27-4/h5-6,13,16-17,19H,7-12,14-15H2,1-4H3,(H2,23,24,26). The van der Waals surface area contributed by atoms with Gasteiger partial charge in [0.25, 0.3) is 0 Å². The van der Waals surface area contributed by atoms with E-state index in [-0.39, 0.29) is 6.03 Å². The highest BCUT2D eigenvalue weighted by Crippen LogP contribution is 2.21. The van der Waals surface area contributed by atoms with Crippen LogP contribution in [0, 0.1) is 11.8 Å². The van der Waals surface area contributed by atoms with Crippen LogP contribution in [0.3, 0.4) is 0 Å². The first-order valence-electron chi connectivity index (χ1n) is 10.3. The maximum atomic E-state index is 12.2. The molecule has 0 radical (unpaired) electrons. The van der Waals surface area contributed by atoms with Gasteiger partial charge in [-0.3, -0.25) is 4.90 Å². The molecular weight excluding hydrogens is 356 g/mol. The third-order valence-electron chi connectivity index (χ3n) is 5.32. The van der Waals surface area contributed by atoms with E-state index in [1.165, 1.54) is 12.8 Å². The number of pyridine rings is 1. The van der Waals surface area contributed by atoms with Crippen LogP contribution < -0.4 is 15.4 Å². The zero-order valence-corrected chi connectivity index (χ0v) is 17.7. The Kier molecular flexibility index (Phi) is 9.50. The van der Waals surface area contributed by atoms with Crippen LogP contribution in [0.1, 0.15) is 39.2 Å². The van der Waals surface area contributed by atoms with Crippen molar-refractivity contribution in [3.05, 3.63) is 23.9 Å². The van der Waals surface area contributed by atoms with Gasteiger partial charge in [0.15, 0.2) is 0 Å². The average molecular weight is 393 g/mol. The highest BCUT2D eigenvalue weighted by molar-refractivity contribution is 5.73. The van der Waals surface area contributed by atoms with Crippen LogP contribution in [-0.4, -0.2) is 61.9 Å². The van der Waals surface area contributed by atoms with E-state index in [1.54, 1.807) is 19.4 Å². The molecule has 0 bridgehead atoms. The summed E-state index contributed by atoms with van der Waals surface area (Å²) in [5, 5.41) is 5.94. The van der Waals surface area contributed by atoms with E-state index in [2.05, 4.69) is 41.3 Å². The van der Waals surface area contributed by atoms with Crippen molar-refractivity contribution in [2.45, 2.75) is 46.2 Å². The quantitative estimate of drug-likeness (QED) is 0.599. The fourth-order valence-corrected chi connectivity index (χ4v) is 3.42. The number of hydrogen-bond acceptors (Lipinski definition) is 5. The summed E-state index contributed by atoms with van der Waals surface area (Å²) in [5.41, 5.74) is 0.930. The zero-order valence-electron chi connectivity index (χ0n) is 17.7. The predicted molar refractivity (Wildman–Crippen MR) is 110 cm³/mol. The molecule has 1 aliphatic rings. The summed E-state index contributed by atoms with van der Waals surface area (Å²) in [5.74, 6) is 1.87. The minimum atomic E-state index is -0.142. The van der Waals surface area contributed by atoms with Gasteiger partial charge < -0.3 is 20.1 Å². The smallest absolute Gasteiger partial charge is 0.315 e. The molecule has 0 aromatic carbocycles. The minimum Gasteiger partial charge on any atom is -0.475 e. The molecule has 0 saturated carbocycles. The van der Waals surface area contributed by atoms with Crippen molar-refractivity contribution in [1.29, 1.82) is 0 Å². The van der Waals surface area contributed by atoms with E-state index in [0.717, 1.165) is 24.6 Å². The molecular formula is C21H36N4O3. The molecule has 0 spiro atoms. The lowest BCUT2D eigenvalue weighted by atomic mass is 9.94. The molecule has 2 rings (SSSR count). The first-order chi connectivity index (χ1) is 13.5. The largest absolute Gasteiger partial charge is 0.475 e. The number of methoxy groups -OCH3 is 1. The number of amides is 2. The van der Waals surface area contributed by atoms with Gasteiger partial charge >= 0.3 is 6.03 Å². The van der Waals surface area contributed by atoms with Crippen LogP contribution in [0.5, 0.6) is 5.88 Å². The second-order valence-corrected chi connectivity index (χ2v) is 7.94. The van der Waals surface area contributed by atoms with E-state index >= 15 is 0 Å². The second kappa shape index (κ2) is 11.9. The molecule has 1 aromatic rings. The molecule has 158 valence electrons. The molecule has 1 aliphatic heterocycles. The number of nitrogens with zero attached hydrogens (tertiary/aromatic N) is 2. The Labute approximate surface area is 169 Å². The molecule has 28 heavy (non-hydrogen) atoms. The summed E-state index contributed by atoms with van der Waals surface area (Å²) in [6, 6.07) is 3.94.